The van der Waals surface area contributed by atoms with Gasteiger partial charge in [0.05, 0.1) is 6.26 Å². The van der Waals surface area contributed by atoms with Crippen LogP contribution in [0.25, 0.3) is 17.3 Å². The Morgan fingerprint density at radius 1 is 1.23 bits per heavy atom. The summed E-state index contributed by atoms with van der Waals surface area (Å²) in [7, 11) is 0. The third-order valence-corrected chi connectivity index (χ3v) is 3.05. The van der Waals surface area contributed by atoms with E-state index in [1.54, 1.807) is 30.5 Å². The van der Waals surface area contributed by atoms with Crippen molar-refractivity contribution in [3.8, 4) is 11.3 Å². The minimum Gasteiger partial charge on any atom is -0.465 e. The Hall–Kier alpha value is -3.08. The summed E-state index contributed by atoms with van der Waals surface area (Å²) in [6, 6.07) is 13.1. The summed E-state index contributed by atoms with van der Waals surface area (Å²) in [6.07, 6.45) is 4.49. The largest absolute Gasteiger partial charge is 0.465 e. The van der Waals surface area contributed by atoms with Crippen LogP contribution in [0.3, 0.4) is 0 Å². The van der Waals surface area contributed by atoms with Crippen LogP contribution in [0.2, 0.25) is 0 Å². The first-order chi connectivity index (χ1) is 10.7. The molecule has 0 aliphatic carbocycles. The van der Waals surface area contributed by atoms with E-state index >= 15 is 0 Å². The van der Waals surface area contributed by atoms with Crippen LogP contribution in [0.5, 0.6) is 0 Å². The molecular weight excluding hydrogens is 280 g/mol. The molecular formula is C17H14N2O3. The van der Waals surface area contributed by atoms with Crippen LogP contribution in [0, 0.1) is 6.92 Å². The lowest BCUT2D eigenvalue weighted by molar-refractivity contribution is -0.112. The van der Waals surface area contributed by atoms with E-state index in [1.807, 2.05) is 31.2 Å². The molecule has 0 spiro atoms. The smallest absolute Gasteiger partial charge is 0.250 e. The van der Waals surface area contributed by atoms with Crippen LogP contribution in [0.4, 0.5) is 5.88 Å². The molecule has 1 aromatic carbocycles. The summed E-state index contributed by atoms with van der Waals surface area (Å²) < 4.78 is 10.2. The average Bonchev–Trinajstić information content (AvgIpc) is 3.17. The van der Waals surface area contributed by atoms with E-state index in [1.165, 1.54) is 11.6 Å². The Labute approximate surface area is 127 Å². The fourth-order valence-corrected chi connectivity index (χ4v) is 1.90. The number of nitrogens with zero attached hydrogens (tertiary/aromatic N) is 1. The second-order valence-corrected chi connectivity index (χ2v) is 4.78. The summed E-state index contributed by atoms with van der Waals surface area (Å²) in [6.45, 7) is 2.02. The molecule has 0 atom stereocenters. The molecule has 1 N–H and O–H groups in total. The van der Waals surface area contributed by atoms with Gasteiger partial charge in [0.25, 0.3) is 5.91 Å². The summed E-state index contributed by atoms with van der Waals surface area (Å²) >= 11 is 0. The first-order valence-electron chi connectivity index (χ1n) is 6.77. The van der Waals surface area contributed by atoms with Gasteiger partial charge in [0.15, 0.2) is 0 Å². The number of amides is 1. The number of hydrogen-bond donors (Lipinski definition) is 1. The molecule has 5 heteroatoms. The second kappa shape index (κ2) is 6.13. The topological polar surface area (TPSA) is 68.3 Å². The van der Waals surface area contributed by atoms with Gasteiger partial charge in [-0.2, -0.15) is 0 Å². The minimum atomic E-state index is -0.317. The maximum absolute atomic E-state index is 11.8. The highest BCUT2D eigenvalue weighted by atomic mass is 16.5. The van der Waals surface area contributed by atoms with Crippen LogP contribution in [0.1, 0.15) is 11.3 Å². The van der Waals surface area contributed by atoms with E-state index < -0.39 is 0 Å². The fraction of sp³-hybridized carbons (Fsp3) is 0.0588. The number of nitrogens with one attached hydrogen (secondary N) is 1. The molecule has 0 radical (unpaired) electrons. The fourth-order valence-electron chi connectivity index (χ4n) is 1.90. The first-order valence-corrected chi connectivity index (χ1v) is 6.77. The van der Waals surface area contributed by atoms with Gasteiger partial charge >= 0.3 is 0 Å². The van der Waals surface area contributed by atoms with Gasteiger partial charge < -0.3 is 8.94 Å². The van der Waals surface area contributed by atoms with Crippen molar-refractivity contribution in [1.82, 2.24) is 5.16 Å². The van der Waals surface area contributed by atoms with E-state index in [4.69, 9.17) is 8.94 Å². The first kappa shape index (κ1) is 13.9. The number of rotatable bonds is 4. The molecule has 2 aromatic heterocycles. The Balaban J connectivity index is 1.66. The van der Waals surface area contributed by atoms with Gasteiger partial charge in [-0.3, -0.25) is 10.1 Å². The normalized spacial score (nSPS) is 11.0. The molecule has 110 valence electrons. The van der Waals surface area contributed by atoms with Crippen molar-refractivity contribution in [3.05, 3.63) is 66.1 Å². The summed E-state index contributed by atoms with van der Waals surface area (Å²) in [5.74, 6) is 0.584. The number of carbonyl (C=O) groups excluding carboxylic acids is 1. The van der Waals surface area contributed by atoms with Gasteiger partial charge in [-0.1, -0.05) is 35.0 Å². The minimum absolute atomic E-state index is 0.296. The number of aromatic nitrogens is 1. The van der Waals surface area contributed by atoms with Gasteiger partial charge in [0.2, 0.25) is 5.88 Å². The van der Waals surface area contributed by atoms with Gasteiger partial charge in [-0.25, -0.2) is 0 Å². The molecule has 1 amide bonds. The average molecular weight is 294 g/mol. The van der Waals surface area contributed by atoms with Crippen molar-refractivity contribution >= 4 is 17.9 Å². The highest BCUT2D eigenvalue weighted by molar-refractivity contribution is 6.01. The van der Waals surface area contributed by atoms with Crippen LogP contribution in [-0.4, -0.2) is 11.1 Å². The Bertz CT molecular complexity index is 784. The summed E-state index contributed by atoms with van der Waals surface area (Å²) in [5.41, 5.74) is 2.77. The van der Waals surface area contributed by atoms with E-state index in [2.05, 4.69) is 10.5 Å². The number of carbonyl (C=O) groups is 1. The monoisotopic (exact) mass is 294 g/mol. The molecule has 0 fully saturated rings. The Morgan fingerprint density at radius 2 is 2.05 bits per heavy atom. The summed E-state index contributed by atoms with van der Waals surface area (Å²) in [4.78, 5) is 11.8. The zero-order valence-corrected chi connectivity index (χ0v) is 11.9. The molecule has 0 saturated carbocycles. The van der Waals surface area contributed by atoms with E-state index in [0.717, 1.165) is 5.56 Å². The number of benzene rings is 1. The van der Waals surface area contributed by atoms with Crippen molar-refractivity contribution < 1.29 is 13.7 Å². The molecule has 0 aliphatic heterocycles. The van der Waals surface area contributed by atoms with Crippen LogP contribution in [-0.2, 0) is 4.79 Å². The maximum Gasteiger partial charge on any atom is 0.250 e. The molecule has 22 heavy (non-hydrogen) atoms. The number of aryl methyl sites for hydroxylation is 1. The Kier molecular flexibility index (Phi) is 3.87. The predicted molar refractivity (Wildman–Crippen MR) is 83.0 cm³/mol. The SMILES string of the molecule is Cc1ccc(-c2cc(NC(=O)/C=C/c3ccco3)on2)cc1. The highest BCUT2D eigenvalue weighted by Gasteiger charge is 2.08. The predicted octanol–water partition coefficient (Wildman–Crippen LogP) is 3.89. The maximum atomic E-state index is 11.8. The van der Waals surface area contributed by atoms with E-state index in [-0.39, 0.29) is 5.91 Å². The lowest BCUT2D eigenvalue weighted by Crippen LogP contribution is -2.06. The number of anilines is 1. The van der Waals surface area contributed by atoms with E-state index in [9.17, 15) is 4.79 Å². The molecule has 0 aliphatic rings. The molecule has 0 saturated heterocycles. The third kappa shape index (κ3) is 3.32. The standard InChI is InChI=1S/C17H14N2O3/c1-12-4-6-13(7-5-12)15-11-17(22-19-15)18-16(20)9-8-14-3-2-10-21-14/h2-11H,1H3,(H,18,20)/b9-8+. The lowest BCUT2D eigenvalue weighted by atomic mass is 10.1. The van der Waals surface area contributed by atoms with E-state index in [0.29, 0.717) is 17.3 Å². The zero-order valence-electron chi connectivity index (χ0n) is 11.9. The van der Waals surface area contributed by atoms with Gasteiger partial charge in [-0.15, -0.1) is 0 Å². The van der Waals surface area contributed by atoms with Gasteiger partial charge in [-0.05, 0) is 25.1 Å². The third-order valence-electron chi connectivity index (χ3n) is 3.05. The highest BCUT2D eigenvalue weighted by Crippen LogP contribution is 2.22. The Morgan fingerprint density at radius 3 is 2.77 bits per heavy atom. The van der Waals surface area contributed by atoms with Crippen LogP contribution < -0.4 is 5.32 Å². The molecule has 2 heterocycles. The summed E-state index contributed by atoms with van der Waals surface area (Å²) in [5, 5.41) is 6.56. The van der Waals surface area contributed by atoms with Gasteiger partial charge in [0.1, 0.15) is 11.5 Å². The quantitative estimate of drug-likeness (QED) is 0.741. The van der Waals surface area contributed by atoms with Gasteiger partial charge in [0, 0.05) is 17.7 Å². The lowest BCUT2D eigenvalue weighted by Gasteiger charge is -1.95. The molecule has 5 nitrogen and oxygen atoms in total. The van der Waals surface area contributed by atoms with Crippen molar-refractivity contribution in [1.29, 1.82) is 0 Å². The van der Waals surface area contributed by atoms with Crippen molar-refractivity contribution in [2.75, 3.05) is 5.32 Å². The zero-order chi connectivity index (χ0) is 15.4. The molecule has 3 aromatic rings. The molecule has 0 bridgehead atoms. The molecule has 3 rings (SSSR count). The van der Waals surface area contributed by atoms with Crippen molar-refractivity contribution in [2.45, 2.75) is 6.92 Å². The second-order valence-electron chi connectivity index (χ2n) is 4.78. The molecule has 0 unspecified atom stereocenters. The van der Waals surface area contributed by atoms with Crippen molar-refractivity contribution in [3.63, 3.8) is 0 Å². The number of hydrogen-bond acceptors (Lipinski definition) is 4. The van der Waals surface area contributed by atoms with Crippen molar-refractivity contribution in [2.24, 2.45) is 0 Å². The van der Waals surface area contributed by atoms with Crippen LogP contribution in [0.15, 0.2) is 63.7 Å². The van der Waals surface area contributed by atoms with Crippen LogP contribution >= 0.6 is 0 Å². The number of furan rings is 1.